The average Bonchev–Trinajstić information content (AvgIpc) is 2.72. The maximum Gasteiger partial charge on any atom is 0.240 e. The van der Waals surface area contributed by atoms with Gasteiger partial charge in [0, 0.05) is 29.1 Å². The summed E-state index contributed by atoms with van der Waals surface area (Å²) in [5.74, 6) is 3.49. The van der Waals surface area contributed by atoms with Gasteiger partial charge in [-0.2, -0.15) is 28.8 Å². The summed E-state index contributed by atoms with van der Waals surface area (Å²) in [4.78, 5) is 12.4. The van der Waals surface area contributed by atoms with Gasteiger partial charge in [-0.05, 0) is 12.8 Å². The molecule has 1 aliphatic carbocycles. The first-order valence-corrected chi connectivity index (χ1v) is 9.36. The van der Waals surface area contributed by atoms with Gasteiger partial charge in [-0.3, -0.25) is 4.79 Å². The van der Waals surface area contributed by atoms with E-state index in [0.717, 1.165) is 50.8 Å². The van der Waals surface area contributed by atoms with Gasteiger partial charge in [0.2, 0.25) is 5.91 Å². The van der Waals surface area contributed by atoms with Gasteiger partial charge < -0.3 is 5.32 Å². The fraction of sp³-hybridized carbons (Fsp3) is 0.857. The molecule has 1 atom stereocenters. The second kappa shape index (κ2) is 7.44. The fourth-order valence-corrected chi connectivity index (χ4v) is 5.36. The van der Waals surface area contributed by atoms with Crippen molar-refractivity contribution in [2.45, 2.75) is 43.8 Å². The van der Waals surface area contributed by atoms with Crippen molar-refractivity contribution in [2.24, 2.45) is 5.41 Å². The number of carbonyl (C=O) groups is 1. The van der Waals surface area contributed by atoms with Crippen LogP contribution >= 0.6 is 23.5 Å². The summed E-state index contributed by atoms with van der Waals surface area (Å²) >= 11 is 3.91. The Balaban J connectivity index is 1.87. The first-order valence-electron chi connectivity index (χ1n) is 7.16. The van der Waals surface area contributed by atoms with E-state index in [1.807, 2.05) is 23.5 Å². The van der Waals surface area contributed by atoms with Gasteiger partial charge in [0.1, 0.15) is 5.41 Å². The number of amides is 1. The molecular formula is C14H22N2OS2. The average molecular weight is 298 g/mol. The van der Waals surface area contributed by atoms with Crippen molar-refractivity contribution >= 4 is 29.4 Å². The Morgan fingerprint density at radius 1 is 1.26 bits per heavy atom. The Bertz CT molecular complexity index is 340. The van der Waals surface area contributed by atoms with Crippen LogP contribution in [0.15, 0.2) is 0 Å². The quantitative estimate of drug-likeness (QED) is 0.814. The molecular weight excluding hydrogens is 276 g/mol. The normalized spacial score (nSPS) is 27.0. The van der Waals surface area contributed by atoms with E-state index < -0.39 is 5.41 Å². The fourth-order valence-electron chi connectivity index (χ4n) is 2.75. The molecule has 2 rings (SSSR count). The summed E-state index contributed by atoms with van der Waals surface area (Å²) in [5, 5.41) is 13.0. The number of nitrogens with one attached hydrogen (secondary N) is 1. The van der Waals surface area contributed by atoms with Crippen LogP contribution in [0.3, 0.4) is 0 Å². The molecule has 5 heteroatoms. The molecule has 2 fully saturated rings. The second-order valence-electron chi connectivity index (χ2n) is 5.39. The van der Waals surface area contributed by atoms with E-state index in [0.29, 0.717) is 5.25 Å². The number of thioether (sulfide) groups is 2. The van der Waals surface area contributed by atoms with Crippen molar-refractivity contribution in [3.05, 3.63) is 0 Å². The van der Waals surface area contributed by atoms with Gasteiger partial charge in [0.15, 0.2) is 0 Å². The topological polar surface area (TPSA) is 52.9 Å². The molecule has 3 nitrogen and oxygen atoms in total. The minimum absolute atomic E-state index is 0.0203. The van der Waals surface area contributed by atoms with Gasteiger partial charge in [-0.1, -0.05) is 25.7 Å². The highest BCUT2D eigenvalue weighted by atomic mass is 32.2. The monoisotopic (exact) mass is 298 g/mol. The number of hydrogen-bond acceptors (Lipinski definition) is 4. The van der Waals surface area contributed by atoms with E-state index >= 15 is 0 Å². The van der Waals surface area contributed by atoms with E-state index in [2.05, 4.69) is 11.4 Å². The maximum absolute atomic E-state index is 12.4. The van der Waals surface area contributed by atoms with E-state index in [1.165, 1.54) is 11.5 Å². The predicted octanol–water partition coefficient (Wildman–Crippen LogP) is 2.82. The van der Waals surface area contributed by atoms with Crippen LogP contribution in [0, 0.1) is 16.7 Å². The minimum atomic E-state index is -0.747. The molecule has 1 amide bonds. The number of nitriles is 1. The molecule has 0 aromatic rings. The molecule has 1 aliphatic heterocycles. The number of hydrogen-bond donors (Lipinski definition) is 1. The summed E-state index contributed by atoms with van der Waals surface area (Å²) in [5.41, 5.74) is -0.747. The first kappa shape index (κ1) is 15.1. The standard InChI is InChI=1S/C14H22N2OS2/c15-11-14(5-3-1-2-4-6-14)13(17)16-9-12-10-18-7-8-19-12/h12H,1-10H2,(H,16,17). The van der Waals surface area contributed by atoms with Crippen LogP contribution in [0.5, 0.6) is 0 Å². The van der Waals surface area contributed by atoms with Gasteiger partial charge in [0.05, 0.1) is 6.07 Å². The molecule has 1 saturated carbocycles. The number of nitrogens with zero attached hydrogens (tertiary/aromatic N) is 1. The number of carbonyl (C=O) groups excluding carboxylic acids is 1. The van der Waals surface area contributed by atoms with Gasteiger partial charge in [0.25, 0.3) is 0 Å². The summed E-state index contributed by atoms with van der Waals surface area (Å²) in [6.07, 6.45) is 5.81. The van der Waals surface area contributed by atoms with Crippen LogP contribution in [0.4, 0.5) is 0 Å². The Kier molecular flexibility index (Phi) is 5.90. The van der Waals surface area contributed by atoms with E-state index in [9.17, 15) is 10.1 Å². The van der Waals surface area contributed by atoms with Crippen molar-refractivity contribution in [1.82, 2.24) is 5.32 Å². The van der Waals surface area contributed by atoms with E-state index in [-0.39, 0.29) is 5.91 Å². The SMILES string of the molecule is N#CC1(C(=O)NCC2CSCCS2)CCCCCC1. The zero-order chi connectivity index (χ0) is 13.6. The van der Waals surface area contributed by atoms with Gasteiger partial charge in [-0.15, -0.1) is 0 Å². The predicted molar refractivity (Wildman–Crippen MR) is 82.3 cm³/mol. The van der Waals surface area contributed by atoms with Gasteiger partial charge >= 0.3 is 0 Å². The largest absolute Gasteiger partial charge is 0.354 e. The third kappa shape index (κ3) is 4.06. The van der Waals surface area contributed by atoms with Crippen LogP contribution in [0.25, 0.3) is 0 Å². The van der Waals surface area contributed by atoms with Crippen molar-refractivity contribution in [3.63, 3.8) is 0 Å². The lowest BCUT2D eigenvalue weighted by Crippen LogP contribution is -2.43. The Hall–Kier alpha value is -0.340. The summed E-state index contributed by atoms with van der Waals surface area (Å²) < 4.78 is 0. The summed E-state index contributed by atoms with van der Waals surface area (Å²) in [6, 6.07) is 2.32. The van der Waals surface area contributed by atoms with Gasteiger partial charge in [-0.25, -0.2) is 0 Å². The van der Waals surface area contributed by atoms with Crippen molar-refractivity contribution in [2.75, 3.05) is 23.8 Å². The Labute approximate surface area is 124 Å². The van der Waals surface area contributed by atoms with Crippen LogP contribution in [0.1, 0.15) is 38.5 Å². The molecule has 1 N–H and O–H groups in total. The zero-order valence-corrected chi connectivity index (χ0v) is 13.0. The molecule has 1 saturated heterocycles. The lowest BCUT2D eigenvalue weighted by molar-refractivity contribution is -0.128. The summed E-state index contributed by atoms with van der Waals surface area (Å²) in [7, 11) is 0. The molecule has 2 aliphatic rings. The Morgan fingerprint density at radius 2 is 2.00 bits per heavy atom. The third-order valence-electron chi connectivity index (χ3n) is 3.98. The van der Waals surface area contributed by atoms with Crippen molar-refractivity contribution < 1.29 is 4.79 Å². The molecule has 0 aromatic heterocycles. The molecule has 0 aromatic carbocycles. The lowest BCUT2D eigenvalue weighted by Gasteiger charge is -2.26. The molecule has 0 spiro atoms. The highest BCUT2D eigenvalue weighted by Gasteiger charge is 2.38. The number of rotatable bonds is 3. The second-order valence-corrected chi connectivity index (χ2v) is 7.94. The zero-order valence-electron chi connectivity index (χ0n) is 11.3. The van der Waals surface area contributed by atoms with Crippen molar-refractivity contribution in [3.8, 4) is 6.07 Å². The Morgan fingerprint density at radius 3 is 2.58 bits per heavy atom. The van der Waals surface area contributed by atoms with Crippen LogP contribution in [-0.2, 0) is 4.79 Å². The molecule has 0 bridgehead atoms. The molecule has 1 heterocycles. The molecule has 19 heavy (non-hydrogen) atoms. The third-order valence-corrected chi connectivity index (χ3v) is 6.83. The molecule has 1 unspecified atom stereocenters. The van der Waals surface area contributed by atoms with Crippen molar-refractivity contribution in [1.29, 1.82) is 5.26 Å². The highest BCUT2D eigenvalue weighted by Crippen LogP contribution is 2.34. The van der Waals surface area contributed by atoms with Crippen LogP contribution in [-0.4, -0.2) is 35.0 Å². The van der Waals surface area contributed by atoms with Crippen LogP contribution < -0.4 is 5.32 Å². The van der Waals surface area contributed by atoms with E-state index in [4.69, 9.17) is 0 Å². The molecule has 0 radical (unpaired) electrons. The lowest BCUT2D eigenvalue weighted by atomic mass is 9.81. The van der Waals surface area contributed by atoms with Crippen LogP contribution in [0.2, 0.25) is 0 Å². The smallest absolute Gasteiger partial charge is 0.240 e. The summed E-state index contributed by atoms with van der Waals surface area (Å²) in [6.45, 7) is 0.722. The minimum Gasteiger partial charge on any atom is -0.354 e. The maximum atomic E-state index is 12.4. The highest BCUT2D eigenvalue weighted by molar-refractivity contribution is 8.06. The molecule has 106 valence electrons. The van der Waals surface area contributed by atoms with E-state index in [1.54, 1.807) is 0 Å². The first-order chi connectivity index (χ1) is 9.27.